The van der Waals surface area contributed by atoms with Crippen molar-refractivity contribution in [3.8, 4) is 44.5 Å². The number of hydrogen-bond donors (Lipinski definition) is 0. The monoisotopic (exact) mass is 883 g/mol. The van der Waals surface area contributed by atoms with Gasteiger partial charge < -0.3 is 4.90 Å². The maximum absolute atomic E-state index is 2.54. The van der Waals surface area contributed by atoms with Gasteiger partial charge >= 0.3 is 0 Å². The summed E-state index contributed by atoms with van der Waals surface area (Å²) >= 11 is 0. The number of hydrogen-bond acceptors (Lipinski definition) is 1. The maximum atomic E-state index is 2.54. The fraction of sp³-hybridized carbons (Fsp3) is 0.118. The molecule has 1 fully saturated rings. The quantitative estimate of drug-likeness (QED) is 0.137. The normalized spacial score (nSPS) is 15.6. The number of rotatable bonds is 8. The lowest BCUT2D eigenvalue weighted by molar-refractivity contribution is 0.445. The van der Waals surface area contributed by atoms with Gasteiger partial charge in [0.25, 0.3) is 0 Å². The van der Waals surface area contributed by atoms with E-state index in [2.05, 4.69) is 248 Å². The predicted molar refractivity (Wildman–Crippen MR) is 293 cm³/mol. The van der Waals surface area contributed by atoms with Gasteiger partial charge in [0.15, 0.2) is 0 Å². The summed E-state index contributed by atoms with van der Waals surface area (Å²) < 4.78 is 0. The first-order valence-corrected chi connectivity index (χ1v) is 25.0. The highest BCUT2D eigenvalue weighted by molar-refractivity contribution is 6.13. The Morgan fingerprint density at radius 1 is 0.377 bits per heavy atom. The van der Waals surface area contributed by atoms with Gasteiger partial charge in [-0.25, -0.2) is 0 Å². The standard InChI is InChI=1S/C68H53N/c1-68(50-25-6-3-7-26-50)62-36-13-10-30-61(62)67-54(32-19-37-63(67)68)48-40-43-51(44-41-48)69(64-38-14-11-28-58(64)56-34-18-33-55-52-27-9-8-22-47(52)42-45-57(55)56)65-39-15-12-29-59(65)60-35-17-24-49-23-16-31-53(66(49)60)46-20-4-2-5-21-46/h3,6-19,22-46H,2,4-5,20-21H2,1H3. The number of para-hydroxylation sites is 2. The first-order chi connectivity index (χ1) is 34.1. The zero-order valence-corrected chi connectivity index (χ0v) is 39.1. The largest absolute Gasteiger partial charge is 0.309 e. The fourth-order valence-corrected chi connectivity index (χ4v) is 12.5. The lowest BCUT2D eigenvalue weighted by Gasteiger charge is -2.31. The van der Waals surface area contributed by atoms with E-state index in [0.29, 0.717) is 5.92 Å². The topological polar surface area (TPSA) is 3.24 Å². The van der Waals surface area contributed by atoms with Crippen molar-refractivity contribution in [1.82, 2.24) is 0 Å². The average molecular weight is 884 g/mol. The molecule has 11 aromatic rings. The Balaban J connectivity index is 1.02. The Labute approximate surface area is 406 Å². The molecule has 0 saturated heterocycles. The van der Waals surface area contributed by atoms with Crippen LogP contribution in [0, 0.1) is 0 Å². The van der Waals surface area contributed by atoms with Gasteiger partial charge in [-0.3, -0.25) is 0 Å². The van der Waals surface area contributed by atoms with Crippen LogP contribution in [0.5, 0.6) is 0 Å². The van der Waals surface area contributed by atoms with Crippen molar-refractivity contribution < 1.29 is 0 Å². The van der Waals surface area contributed by atoms with Crippen LogP contribution >= 0.6 is 0 Å². The van der Waals surface area contributed by atoms with Gasteiger partial charge in [-0.2, -0.15) is 0 Å². The Morgan fingerprint density at radius 2 is 0.942 bits per heavy atom. The third-order valence-electron chi connectivity index (χ3n) is 15.8. The second kappa shape index (κ2) is 17.0. The molecule has 13 rings (SSSR count). The van der Waals surface area contributed by atoms with E-state index in [-0.39, 0.29) is 5.41 Å². The maximum Gasteiger partial charge on any atom is 0.0540 e. The highest BCUT2D eigenvalue weighted by atomic mass is 15.1. The lowest BCUT2D eigenvalue weighted by Crippen LogP contribution is -2.22. The van der Waals surface area contributed by atoms with Gasteiger partial charge in [-0.05, 0) is 138 Å². The predicted octanol–water partition coefficient (Wildman–Crippen LogP) is 19.0. The van der Waals surface area contributed by atoms with Crippen LogP contribution in [0.4, 0.5) is 17.1 Å². The molecule has 1 nitrogen and oxygen atoms in total. The van der Waals surface area contributed by atoms with E-state index in [1.165, 1.54) is 131 Å². The van der Waals surface area contributed by atoms with E-state index >= 15 is 0 Å². The molecule has 0 aliphatic heterocycles. The highest BCUT2D eigenvalue weighted by Gasteiger charge is 2.41. The summed E-state index contributed by atoms with van der Waals surface area (Å²) in [5.41, 5.74) is 18.7. The van der Waals surface area contributed by atoms with Crippen LogP contribution in [0.2, 0.25) is 0 Å². The Morgan fingerprint density at radius 3 is 1.74 bits per heavy atom. The Kier molecular flexibility index (Phi) is 10.1. The second-order valence-corrected chi connectivity index (χ2v) is 19.5. The molecule has 11 aromatic carbocycles. The molecule has 0 spiro atoms. The van der Waals surface area contributed by atoms with Crippen molar-refractivity contribution in [2.45, 2.75) is 50.4 Å². The molecule has 0 heterocycles. The minimum Gasteiger partial charge on any atom is -0.309 e. The molecule has 1 unspecified atom stereocenters. The molecule has 1 atom stereocenters. The summed E-state index contributed by atoms with van der Waals surface area (Å²) in [7, 11) is 0. The van der Waals surface area contributed by atoms with Crippen LogP contribution in [0.1, 0.15) is 67.2 Å². The van der Waals surface area contributed by atoms with Gasteiger partial charge in [0.05, 0.1) is 11.4 Å². The van der Waals surface area contributed by atoms with E-state index in [0.717, 1.165) is 17.1 Å². The highest BCUT2D eigenvalue weighted by Crippen LogP contribution is 2.56. The summed E-state index contributed by atoms with van der Waals surface area (Å²) in [4.78, 5) is 2.54. The Hall–Kier alpha value is -8.00. The number of benzene rings is 11. The van der Waals surface area contributed by atoms with Crippen molar-refractivity contribution in [2.24, 2.45) is 0 Å². The van der Waals surface area contributed by atoms with E-state index in [1.54, 1.807) is 0 Å². The lowest BCUT2D eigenvalue weighted by atomic mass is 9.74. The fourth-order valence-electron chi connectivity index (χ4n) is 12.5. The van der Waals surface area contributed by atoms with Crippen molar-refractivity contribution in [1.29, 1.82) is 0 Å². The minimum atomic E-state index is -0.264. The molecule has 0 radical (unpaired) electrons. The zero-order chi connectivity index (χ0) is 45.9. The van der Waals surface area contributed by atoms with Gasteiger partial charge in [0.2, 0.25) is 0 Å². The van der Waals surface area contributed by atoms with E-state index < -0.39 is 0 Å². The SMILES string of the molecule is CC1(c2ccccc2)c2ccccc2-c2c(-c3ccc(N(c4ccccc4-c4cccc5c4ccc4ccccc45)c4ccccc4-c4cccc5cccc(C6CCCCC6)c45)cc3)cccc21. The molecule has 69 heavy (non-hydrogen) atoms. The smallest absolute Gasteiger partial charge is 0.0540 e. The molecule has 1 heteroatoms. The van der Waals surface area contributed by atoms with Crippen molar-refractivity contribution in [2.75, 3.05) is 4.90 Å². The van der Waals surface area contributed by atoms with E-state index in [4.69, 9.17) is 0 Å². The third-order valence-corrected chi connectivity index (χ3v) is 15.8. The van der Waals surface area contributed by atoms with E-state index in [1.807, 2.05) is 0 Å². The first kappa shape index (κ1) is 41.2. The summed E-state index contributed by atoms with van der Waals surface area (Å²) in [5.74, 6) is 0.569. The molecule has 2 aliphatic carbocycles. The van der Waals surface area contributed by atoms with E-state index in [9.17, 15) is 0 Å². The number of anilines is 3. The van der Waals surface area contributed by atoms with Gasteiger partial charge in [0, 0.05) is 22.2 Å². The number of nitrogens with zero attached hydrogens (tertiary/aromatic N) is 1. The van der Waals surface area contributed by atoms with Crippen LogP contribution in [0.15, 0.2) is 237 Å². The first-order valence-electron chi connectivity index (χ1n) is 25.0. The summed E-state index contributed by atoms with van der Waals surface area (Å²) in [6.07, 6.45) is 6.44. The molecule has 0 aromatic heterocycles. The summed E-state index contributed by atoms with van der Waals surface area (Å²) in [6.45, 7) is 2.40. The number of fused-ring (bicyclic) bond motifs is 7. The van der Waals surface area contributed by atoms with Crippen LogP contribution in [-0.2, 0) is 5.41 Å². The van der Waals surface area contributed by atoms with Crippen LogP contribution in [0.3, 0.4) is 0 Å². The van der Waals surface area contributed by atoms with Crippen molar-refractivity contribution in [3.05, 3.63) is 259 Å². The van der Waals surface area contributed by atoms with Gasteiger partial charge in [-0.1, -0.05) is 232 Å². The van der Waals surface area contributed by atoms with Gasteiger partial charge in [0.1, 0.15) is 0 Å². The van der Waals surface area contributed by atoms with Crippen LogP contribution in [0.25, 0.3) is 76.8 Å². The average Bonchev–Trinajstić information content (AvgIpc) is 3.70. The summed E-state index contributed by atoms with van der Waals surface area (Å²) in [6, 6.07) is 88.7. The van der Waals surface area contributed by atoms with Crippen molar-refractivity contribution in [3.63, 3.8) is 0 Å². The molecular formula is C68H53N. The molecule has 0 bridgehead atoms. The minimum absolute atomic E-state index is 0.264. The van der Waals surface area contributed by atoms with Crippen molar-refractivity contribution >= 4 is 49.4 Å². The molecule has 330 valence electrons. The van der Waals surface area contributed by atoms with Crippen LogP contribution in [-0.4, -0.2) is 0 Å². The van der Waals surface area contributed by atoms with Gasteiger partial charge in [-0.15, -0.1) is 0 Å². The molecule has 1 saturated carbocycles. The molecular weight excluding hydrogens is 831 g/mol. The third kappa shape index (κ3) is 6.74. The Bertz CT molecular complexity index is 3720. The summed E-state index contributed by atoms with van der Waals surface area (Å²) in [5, 5.41) is 7.75. The van der Waals surface area contributed by atoms with Crippen LogP contribution < -0.4 is 4.90 Å². The molecule has 2 aliphatic rings. The zero-order valence-electron chi connectivity index (χ0n) is 39.1. The second-order valence-electron chi connectivity index (χ2n) is 19.5. The molecule has 0 N–H and O–H groups in total. The molecule has 0 amide bonds.